The van der Waals surface area contributed by atoms with Gasteiger partial charge in [-0.25, -0.2) is 0 Å². The molecule has 0 spiro atoms. The van der Waals surface area contributed by atoms with Crippen molar-refractivity contribution < 1.29 is 27.8 Å². The van der Waals surface area contributed by atoms with Crippen molar-refractivity contribution in [1.29, 1.82) is 0 Å². The van der Waals surface area contributed by atoms with Crippen molar-refractivity contribution >= 4 is 0 Å². The van der Waals surface area contributed by atoms with Crippen LogP contribution in [0, 0.1) is 0 Å². The number of ether oxygens (including phenoxy) is 2. The maximum atomic E-state index is 12.5. The summed E-state index contributed by atoms with van der Waals surface area (Å²) in [6.45, 7) is 1.62. The first-order chi connectivity index (χ1) is 9.42. The first-order valence-electron chi connectivity index (χ1n) is 6.47. The molecule has 0 bridgehead atoms. The number of alkyl halides is 3. The van der Waals surface area contributed by atoms with Gasteiger partial charge < -0.3 is 14.6 Å². The van der Waals surface area contributed by atoms with Crippen LogP contribution >= 0.6 is 0 Å². The van der Waals surface area contributed by atoms with Crippen LogP contribution in [0.25, 0.3) is 0 Å². The van der Waals surface area contributed by atoms with E-state index in [9.17, 15) is 18.3 Å². The summed E-state index contributed by atoms with van der Waals surface area (Å²) in [6, 6.07) is 4.62. The molecule has 1 saturated heterocycles. The van der Waals surface area contributed by atoms with E-state index in [0.29, 0.717) is 44.8 Å². The van der Waals surface area contributed by atoms with Crippen molar-refractivity contribution in [2.45, 2.75) is 24.6 Å². The van der Waals surface area contributed by atoms with Gasteiger partial charge in [0, 0.05) is 26.1 Å². The summed E-state index contributed by atoms with van der Waals surface area (Å²) < 4.78 is 48.2. The van der Waals surface area contributed by atoms with Crippen molar-refractivity contribution in [2.75, 3.05) is 26.4 Å². The Kier molecular flexibility index (Phi) is 4.67. The van der Waals surface area contributed by atoms with Gasteiger partial charge in [-0.2, -0.15) is 13.2 Å². The lowest BCUT2D eigenvalue weighted by Crippen LogP contribution is -2.28. The third kappa shape index (κ3) is 3.71. The van der Waals surface area contributed by atoms with Crippen LogP contribution in [0.5, 0.6) is 0 Å². The Morgan fingerprint density at radius 1 is 0.900 bits per heavy atom. The summed E-state index contributed by atoms with van der Waals surface area (Å²) in [6.07, 6.45) is -3.70. The summed E-state index contributed by atoms with van der Waals surface area (Å²) in [5, 5.41) is 10.6. The van der Waals surface area contributed by atoms with E-state index in [1.54, 1.807) is 0 Å². The van der Waals surface area contributed by atoms with Crippen LogP contribution < -0.4 is 0 Å². The fourth-order valence-electron chi connectivity index (χ4n) is 2.19. The van der Waals surface area contributed by atoms with Gasteiger partial charge in [-0.15, -0.1) is 0 Å². The molecule has 0 aromatic heterocycles. The first-order valence-corrected chi connectivity index (χ1v) is 6.47. The molecule has 1 aliphatic heterocycles. The SMILES string of the molecule is OC1(c2ccc(C(F)(F)F)cc2)CCOCCOCC1. The summed E-state index contributed by atoms with van der Waals surface area (Å²) in [4.78, 5) is 0. The Balaban J connectivity index is 2.18. The average molecular weight is 290 g/mol. The molecular formula is C14H17F3O3. The normalized spacial score (nSPS) is 20.8. The summed E-state index contributed by atoms with van der Waals surface area (Å²) in [5.41, 5.74) is -1.48. The highest BCUT2D eigenvalue weighted by atomic mass is 19.4. The molecule has 1 aromatic rings. The van der Waals surface area contributed by atoms with E-state index in [4.69, 9.17) is 9.47 Å². The molecule has 0 unspecified atom stereocenters. The van der Waals surface area contributed by atoms with E-state index < -0.39 is 17.3 Å². The first kappa shape index (κ1) is 15.3. The van der Waals surface area contributed by atoms with Crippen LogP contribution in [0.1, 0.15) is 24.0 Å². The Morgan fingerprint density at radius 2 is 1.40 bits per heavy atom. The van der Waals surface area contributed by atoms with Crippen LogP contribution in [-0.2, 0) is 21.3 Å². The molecule has 0 radical (unpaired) electrons. The second-order valence-electron chi connectivity index (χ2n) is 4.83. The smallest absolute Gasteiger partial charge is 0.385 e. The molecule has 0 atom stereocenters. The maximum absolute atomic E-state index is 12.5. The molecule has 1 aromatic carbocycles. The van der Waals surface area contributed by atoms with Crippen molar-refractivity contribution in [3.63, 3.8) is 0 Å². The maximum Gasteiger partial charge on any atom is 0.416 e. The molecular weight excluding hydrogens is 273 g/mol. The molecule has 1 fully saturated rings. The van der Waals surface area contributed by atoms with E-state index >= 15 is 0 Å². The van der Waals surface area contributed by atoms with E-state index in [1.165, 1.54) is 12.1 Å². The Labute approximate surface area is 115 Å². The lowest BCUT2D eigenvalue weighted by Gasteiger charge is -2.28. The number of rotatable bonds is 1. The molecule has 2 rings (SSSR count). The molecule has 1 N–H and O–H groups in total. The number of hydrogen-bond acceptors (Lipinski definition) is 3. The molecule has 0 aliphatic carbocycles. The highest BCUT2D eigenvalue weighted by Crippen LogP contribution is 2.33. The van der Waals surface area contributed by atoms with E-state index in [2.05, 4.69) is 0 Å². The monoisotopic (exact) mass is 290 g/mol. The predicted octanol–water partition coefficient (Wildman–Crippen LogP) is 2.72. The van der Waals surface area contributed by atoms with Gasteiger partial charge in [-0.05, 0) is 17.7 Å². The number of aliphatic hydroxyl groups is 1. The van der Waals surface area contributed by atoms with Gasteiger partial charge in [0.1, 0.15) is 0 Å². The largest absolute Gasteiger partial charge is 0.416 e. The minimum absolute atomic E-state index is 0.335. The van der Waals surface area contributed by atoms with Gasteiger partial charge in [0.25, 0.3) is 0 Å². The average Bonchev–Trinajstić information content (AvgIpc) is 2.51. The zero-order valence-electron chi connectivity index (χ0n) is 10.9. The third-order valence-corrected chi connectivity index (χ3v) is 3.44. The van der Waals surface area contributed by atoms with Gasteiger partial charge >= 0.3 is 6.18 Å². The Hall–Kier alpha value is -1.11. The summed E-state index contributed by atoms with van der Waals surface area (Å²) >= 11 is 0. The third-order valence-electron chi connectivity index (χ3n) is 3.44. The lowest BCUT2D eigenvalue weighted by molar-refractivity contribution is -0.137. The van der Waals surface area contributed by atoms with Crippen molar-refractivity contribution in [2.24, 2.45) is 0 Å². The lowest BCUT2D eigenvalue weighted by atomic mass is 9.87. The molecule has 20 heavy (non-hydrogen) atoms. The van der Waals surface area contributed by atoms with E-state index in [0.717, 1.165) is 12.1 Å². The van der Waals surface area contributed by atoms with Crippen LogP contribution in [-0.4, -0.2) is 31.5 Å². The molecule has 112 valence electrons. The minimum Gasteiger partial charge on any atom is -0.385 e. The van der Waals surface area contributed by atoms with Gasteiger partial charge in [-0.3, -0.25) is 0 Å². The molecule has 0 saturated carbocycles. The van der Waals surface area contributed by atoms with Crippen LogP contribution in [0.2, 0.25) is 0 Å². The van der Waals surface area contributed by atoms with E-state index in [-0.39, 0.29) is 0 Å². The number of halogens is 3. The van der Waals surface area contributed by atoms with Crippen molar-refractivity contribution in [1.82, 2.24) is 0 Å². The quantitative estimate of drug-likeness (QED) is 0.864. The topological polar surface area (TPSA) is 38.7 Å². The molecule has 3 nitrogen and oxygen atoms in total. The number of benzene rings is 1. The van der Waals surface area contributed by atoms with Gasteiger partial charge in [0.2, 0.25) is 0 Å². The summed E-state index contributed by atoms with van der Waals surface area (Å²) in [7, 11) is 0. The molecule has 0 amide bonds. The van der Waals surface area contributed by atoms with Crippen molar-refractivity contribution in [3.8, 4) is 0 Å². The van der Waals surface area contributed by atoms with Gasteiger partial charge in [0.15, 0.2) is 0 Å². The zero-order chi connectivity index (χ0) is 14.6. The van der Waals surface area contributed by atoms with E-state index in [1.807, 2.05) is 0 Å². The fraction of sp³-hybridized carbons (Fsp3) is 0.571. The minimum atomic E-state index is -4.37. The fourth-order valence-corrected chi connectivity index (χ4v) is 2.19. The standard InChI is InChI=1S/C14H17F3O3/c15-14(16,17)12-3-1-11(2-4-12)13(18)5-7-19-9-10-20-8-6-13/h1-4,18H,5-10H2. The predicted molar refractivity (Wildman–Crippen MR) is 66.2 cm³/mol. The molecule has 6 heteroatoms. The molecule has 1 aliphatic rings. The summed E-state index contributed by atoms with van der Waals surface area (Å²) in [5.74, 6) is 0. The van der Waals surface area contributed by atoms with Crippen LogP contribution in [0.4, 0.5) is 13.2 Å². The van der Waals surface area contributed by atoms with Gasteiger partial charge in [-0.1, -0.05) is 12.1 Å². The van der Waals surface area contributed by atoms with Crippen molar-refractivity contribution in [3.05, 3.63) is 35.4 Å². The second-order valence-corrected chi connectivity index (χ2v) is 4.83. The highest BCUT2D eigenvalue weighted by molar-refractivity contribution is 5.28. The Morgan fingerprint density at radius 3 is 1.85 bits per heavy atom. The number of hydrogen-bond donors (Lipinski definition) is 1. The van der Waals surface area contributed by atoms with Gasteiger partial charge in [0.05, 0.1) is 24.4 Å². The molecule has 1 heterocycles. The Bertz CT molecular complexity index is 418. The highest BCUT2D eigenvalue weighted by Gasteiger charge is 2.33. The zero-order valence-corrected chi connectivity index (χ0v) is 10.9. The van der Waals surface area contributed by atoms with Crippen LogP contribution in [0.3, 0.4) is 0 Å². The second kappa shape index (κ2) is 6.11. The van der Waals surface area contributed by atoms with Crippen LogP contribution in [0.15, 0.2) is 24.3 Å².